The summed E-state index contributed by atoms with van der Waals surface area (Å²) < 4.78 is 24.0. The molecule has 0 radical (unpaired) electrons. The van der Waals surface area contributed by atoms with Crippen LogP contribution >= 0.6 is 23.4 Å². The van der Waals surface area contributed by atoms with Gasteiger partial charge in [-0.25, -0.2) is 4.39 Å². The van der Waals surface area contributed by atoms with Crippen LogP contribution in [0.25, 0.3) is 6.08 Å². The third kappa shape index (κ3) is 8.62. The van der Waals surface area contributed by atoms with Crippen molar-refractivity contribution in [3.8, 4) is 11.5 Å². The third-order valence-corrected chi connectivity index (χ3v) is 7.60. The van der Waals surface area contributed by atoms with E-state index in [0.29, 0.717) is 43.9 Å². The molecular formula is C33H29ClFN3O5S. The molecule has 0 aliphatic rings. The Balaban J connectivity index is 1.48. The lowest BCUT2D eigenvalue weighted by Crippen LogP contribution is -2.30. The van der Waals surface area contributed by atoms with Crippen molar-refractivity contribution in [2.75, 3.05) is 24.9 Å². The Morgan fingerprint density at radius 1 is 0.864 bits per heavy atom. The molecule has 0 aliphatic heterocycles. The first-order chi connectivity index (χ1) is 21.2. The van der Waals surface area contributed by atoms with Gasteiger partial charge in [0.1, 0.15) is 23.0 Å². The van der Waals surface area contributed by atoms with Crippen LogP contribution in [-0.4, -0.2) is 37.2 Å². The minimum absolute atomic E-state index is 0.0386. The lowest BCUT2D eigenvalue weighted by molar-refractivity contribution is -0.115. The van der Waals surface area contributed by atoms with Crippen molar-refractivity contribution in [2.24, 2.45) is 0 Å². The Morgan fingerprint density at radius 2 is 1.57 bits per heavy atom. The van der Waals surface area contributed by atoms with E-state index in [-0.39, 0.29) is 11.6 Å². The number of methoxy groups -OCH3 is 2. The van der Waals surface area contributed by atoms with E-state index in [1.54, 1.807) is 73.7 Å². The number of anilines is 2. The molecule has 4 aromatic carbocycles. The fourth-order valence-electron chi connectivity index (χ4n) is 3.96. The van der Waals surface area contributed by atoms with Gasteiger partial charge in [-0.3, -0.25) is 14.4 Å². The lowest BCUT2D eigenvalue weighted by atomic mass is 10.1. The number of rotatable bonds is 11. The highest BCUT2D eigenvalue weighted by atomic mass is 35.5. The van der Waals surface area contributed by atoms with Crippen LogP contribution in [0.4, 0.5) is 15.8 Å². The minimum Gasteiger partial charge on any atom is -0.495 e. The molecule has 4 aromatic rings. The maximum absolute atomic E-state index is 13.5. The second-order valence-electron chi connectivity index (χ2n) is 9.35. The topological polar surface area (TPSA) is 106 Å². The Bertz CT molecular complexity index is 1680. The van der Waals surface area contributed by atoms with Crippen molar-refractivity contribution < 1.29 is 28.2 Å². The van der Waals surface area contributed by atoms with Gasteiger partial charge < -0.3 is 25.4 Å². The predicted molar refractivity (Wildman–Crippen MR) is 172 cm³/mol. The second kappa shape index (κ2) is 15.1. The van der Waals surface area contributed by atoms with Gasteiger partial charge in [0.15, 0.2) is 0 Å². The van der Waals surface area contributed by atoms with Crippen LogP contribution in [0.1, 0.15) is 22.8 Å². The van der Waals surface area contributed by atoms with E-state index >= 15 is 0 Å². The number of halogens is 2. The summed E-state index contributed by atoms with van der Waals surface area (Å²) >= 11 is 7.51. The largest absolute Gasteiger partial charge is 0.495 e. The Hall–Kier alpha value is -4.80. The van der Waals surface area contributed by atoms with Crippen LogP contribution in [0.5, 0.6) is 11.5 Å². The first-order valence-corrected chi connectivity index (χ1v) is 14.6. The molecule has 1 atom stereocenters. The molecule has 0 bridgehead atoms. The van der Waals surface area contributed by atoms with Crippen LogP contribution in [0, 0.1) is 5.82 Å². The first kappa shape index (κ1) is 32.1. The first-order valence-electron chi connectivity index (χ1n) is 13.3. The Labute approximate surface area is 263 Å². The summed E-state index contributed by atoms with van der Waals surface area (Å²) in [6.45, 7) is 1.74. The number of nitrogens with one attached hydrogen (secondary N) is 3. The van der Waals surface area contributed by atoms with Gasteiger partial charge in [-0.05, 0) is 67.1 Å². The van der Waals surface area contributed by atoms with Gasteiger partial charge in [0.2, 0.25) is 5.91 Å². The molecule has 0 saturated heterocycles. The molecular weight excluding hydrogens is 605 g/mol. The van der Waals surface area contributed by atoms with Gasteiger partial charge in [0.05, 0.1) is 30.2 Å². The van der Waals surface area contributed by atoms with Crippen molar-refractivity contribution in [2.45, 2.75) is 17.1 Å². The van der Waals surface area contributed by atoms with Crippen LogP contribution in [0.3, 0.4) is 0 Å². The molecule has 11 heteroatoms. The zero-order valence-electron chi connectivity index (χ0n) is 24.0. The molecule has 0 saturated carbocycles. The summed E-state index contributed by atoms with van der Waals surface area (Å²) in [6, 6.07) is 24.1. The average Bonchev–Trinajstić information content (AvgIpc) is 3.02. The molecule has 0 heterocycles. The number of amides is 3. The number of hydrogen-bond acceptors (Lipinski definition) is 6. The van der Waals surface area contributed by atoms with E-state index in [9.17, 15) is 18.8 Å². The van der Waals surface area contributed by atoms with Crippen LogP contribution in [-0.2, 0) is 9.59 Å². The van der Waals surface area contributed by atoms with Crippen molar-refractivity contribution in [3.05, 3.63) is 119 Å². The highest BCUT2D eigenvalue weighted by Gasteiger charge is 2.19. The van der Waals surface area contributed by atoms with E-state index in [1.807, 2.05) is 0 Å². The zero-order chi connectivity index (χ0) is 31.6. The Kier molecular flexibility index (Phi) is 11.0. The number of hydrogen-bond donors (Lipinski definition) is 3. The smallest absolute Gasteiger partial charge is 0.272 e. The molecule has 8 nitrogen and oxygen atoms in total. The number of carbonyl (C=O) groups is 3. The quantitative estimate of drug-likeness (QED) is 0.121. The van der Waals surface area contributed by atoms with Crippen molar-refractivity contribution in [3.63, 3.8) is 0 Å². The van der Waals surface area contributed by atoms with Gasteiger partial charge in [-0.1, -0.05) is 48.0 Å². The molecule has 0 aromatic heterocycles. The monoisotopic (exact) mass is 633 g/mol. The SMILES string of the molecule is COc1cc(OC)c(NC(=O)C(C)Sc2cccc(NC(=O)/C(=C\c3ccc(F)cc3)NC(=O)c3ccccc3)c2)cc1Cl. The van der Waals surface area contributed by atoms with Gasteiger partial charge in [-0.15, -0.1) is 11.8 Å². The third-order valence-electron chi connectivity index (χ3n) is 6.22. The molecule has 1 unspecified atom stereocenters. The highest BCUT2D eigenvalue weighted by Crippen LogP contribution is 2.36. The van der Waals surface area contributed by atoms with Crippen LogP contribution in [0.2, 0.25) is 5.02 Å². The average molecular weight is 634 g/mol. The molecule has 3 amide bonds. The molecule has 4 rings (SSSR count). The summed E-state index contributed by atoms with van der Waals surface area (Å²) in [5.41, 5.74) is 1.68. The normalized spacial score (nSPS) is 11.7. The van der Waals surface area contributed by atoms with E-state index in [0.717, 1.165) is 0 Å². The summed E-state index contributed by atoms with van der Waals surface area (Å²) in [5, 5.41) is 8.06. The zero-order valence-corrected chi connectivity index (χ0v) is 25.6. The predicted octanol–water partition coefficient (Wildman–Crippen LogP) is 7.03. The fourth-order valence-corrected chi connectivity index (χ4v) is 5.13. The maximum Gasteiger partial charge on any atom is 0.272 e. The van der Waals surface area contributed by atoms with Crippen LogP contribution in [0.15, 0.2) is 102 Å². The second-order valence-corrected chi connectivity index (χ2v) is 11.2. The lowest BCUT2D eigenvalue weighted by Gasteiger charge is -2.16. The number of carbonyl (C=O) groups excluding carboxylic acids is 3. The van der Waals surface area contributed by atoms with E-state index < -0.39 is 22.9 Å². The van der Waals surface area contributed by atoms with Gasteiger partial charge in [0.25, 0.3) is 11.8 Å². The standard InChI is InChI=1S/C33H29ClFN3O5S/c1-20(31(39)37-27-18-26(34)29(42-2)19-30(27)43-3)44-25-11-7-10-24(17-25)36-33(41)28(16-21-12-14-23(35)15-13-21)38-32(40)22-8-5-4-6-9-22/h4-20H,1-3H3,(H,36,41)(H,37,39)(H,38,40)/b28-16+. The van der Waals surface area contributed by atoms with Crippen molar-refractivity contribution in [1.29, 1.82) is 0 Å². The van der Waals surface area contributed by atoms with Crippen LogP contribution < -0.4 is 25.4 Å². The molecule has 44 heavy (non-hydrogen) atoms. The van der Waals surface area contributed by atoms with Gasteiger partial charge in [-0.2, -0.15) is 0 Å². The number of ether oxygens (including phenoxy) is 2. The molecule has 0 aliphatic carbocycles. The van der Waals surface area contributed by atoms with E-state index in [2.05, 4.69) is 16.0 Å². The summed E-state index contributed by atoms with van der Waals surface area (Å²) in [7, 11) is 2.96. The number of thioether (sulfide) groups is 1. The highest BCUT2D eigenvalue weighted by molar-refractivity contribution is 8.00. The van der Waals surface area contributed by atoms with Crippen molar-refractivity contribution >= 4 is 58.5 Å². The van der Waals surface area contributed by atoms with Crippen molar-refractivity contribution in [1.82, 2.24) is 5.32 Å². The molecule has 3 N–H and O–H groups in total. The molecule has 226 valence electrons. The van der Waals surface area contributed by atoms with Gasteiger partial charge >= 0.3 is 0 Å². The Morgan fingerprint density at radius 3 is 2.25 bits per heavy atom. The van der Waals surface area contributed by atoms with E-state index in [1.165, 1.54) is 56.3 Å². The van der Waals surface area contributed by atoms with Gasteiger partial charge in [0, 0.05) is 22.2 Å². The minimum atomic E-state index is -0.588. The molecule has 0 spiro atoms. The fraction of sp³-hybridized carbons (Fsp3) is 0.121. The molecule has 0 fully saturated rings. The summed E-state index contributed by atoms with van der Waals surface area (Å²) in [5.74, 6) is -0.978. The van der Waals surface area contributed by atoms with E-state index in [4.69, 9.17) is 21.1 Å². The number of benzene rings is 4. The summed E-state index contributed by atoms with van der Waals surface area (Å²) in [6.07, 6.45) is 1.46. The maximum atomic E-state index is 13.5. The summed E-state index contributed by atoms with van der Waals surface area (Å²) in [4.78, 5) is 39.9.